The van der Waals surface area contributed by atoms with Gasteiger partial charge in [0.2, 0.25) is 0 Å². The first-order valence-corrected chi connectivity index (χ1v) is 14.2. The molecule has 40 heavy (non-hydrogen) atoms. The van der Waals surface area contributed by atoms with E-state index in [4.69, 9.17) is 4.74 Å². The number of nitrogens with zero attached hydrogens (tertiary/aromatic N) is 1. The highest BCUT2D eigenvalue weighted by Crippen LogP contribution is 2.44. The van der Waals surface area contributed by atoms with E-state index in [9.17, 15) is 36.2 Å². The van der Waals surface area contributed by atoms with Gasteiger partial charge in [0.1, 0.15) is 11.3 Å². The fourth-order valence-electron chi connectivity index (χ4n) is 7.10. The zero-order valence-electron chi connectivity index (χ0n) is 22.2. The van der Waals surface area contributed by atoms with Crippen molar-refractivity contribution in [3.63, 3.8) is 0 Å². The Morgan fingerprint density at radius 3 is 2.20 bits per heavy atom. The first-order valence-electron chi connectivity index (χ1n) is 14.2. The van der Waals surface area contributed by atoms with Crippen LogP contribution < -0.4 is 4.74 Å². The molecule has 0 radical (unpaired) electrons. The first kappa shape index (κ1) is 29.0. The largest absolute Gasteiger partial charge is 0.490 e. The van der Waals surface area contributed by atoms with Crippen molar-refractivity contribution in [1.29, 1.82) is 0 Å². The Balaban J connectivity index is 1.25. The Bertz CT molecular complexity index is 1190. The average Bonchev–Trinajstić information content (AvgIpc) is 2.87. The number of carbonyl (C=O) groups is 1. The highest BCUT2D eigenvalue weighted by atomic mass is 19.4. The van der Waals surface area contributed by atoms with Gasteiger partial charge in [-0.3, -0.25) is 9.69 Å². The van der Waals surface area contributed by atoms with Crippen LogP contribution in [0.25, 0.3) is 10.8 Å². The Morgan fingerprint density at radius 1 is 0.925 bits per heavy atom. The lowest BCUT2D eigenvalue weighted by atomic mass is 9.78. The summed E-state index contributed by atoms with van der Waals surface area (Å²) >= 11 is 0. The maximum Gasteiger partial charge on any atom is 0.420 e. The number of rotatable bonds is 7. The number of hydrogen-bond donors (Lipinski definition) is 1. The molecule has 3 fully saturated rings. The van der Waals surface area contributed by atoms with E-state index in [0.717, 1.165) is 37.8 Å². The van der Waals surface area contributed by atoms with Crippen molar-refractivity contribution in [1.82, 2.24) is 4.90 Å². The molecule has 0 amide bonds. The van der Waals surface area contributed by atoms with Gasteiger partial charge < -0.3 is 9.84 Å². The quantitative estimate of drug-likeness (QED) is 0.342. The van der Waals surface area contributed by atoms with Crippen molar-refractivity contribution < 1.29 is 41.0 Å². The molecule has 10 heteroatoms. The third-order valence-electron chi connectivity index (χ3n) is 9.12. The molecular weight excluding hydrogens is 536 g/mol. The number of piperidine rings is 2. The van der Waals surface area contributed by atoms with Crippen LogP contribution in [-0.2, 0) is 17.4 Å². The van der Waals surface area contributed by atoms with Crippen LogP contribution in [0.5, 0.6) is 5.75 Å². The third-order valence-corrected chi connectivity index (χ3v) is 9.12. The summed E-state index contributed by atoms with van der Waals surface area (Å²) in [5, 5.41) is 9.92. The van der Waals surface area contributed by atoms with Crippen LogP contribution in [0, 0.1) is 11.8 Å². The number of hydrogen-bond acceptors (Lipinski definition) is 3. The molecule has 2 aliphatic heterocycles. The number of ether oxygens (including phenoxy) is 1. The second-order valence-corrected chi connectivity index (χ2v) is 11.7. The summed E-state index contributed by atoms with van der Waals surface area (Å²) in [7, 11) is 0. The van der Waals surface area contributed by atoms with Gasteiger partial charge in [-0.25, -0.2) is 0 Å². The van der Waals surface area contributed by atoms with Crippen LogP contribution in [0.2, 0.25) is 0 Å². The van der Waals surface area contributed by atoms with E-state index in [-0.39, 0.29) is 54.8 Å². The molecule has 2 aromatic rings. The summed E-state index contributed by atoms with van der Waals surface area (Å²) in [5.41, 5.74) is 0.0361. The molecule has 2 heterocycles. The molecule has 2 saturated heterocycles. The molecule has 1 saturated carbocycles. The molecule has 1 aliphatic carbocycles. The van der Waals surface area contributed by atoms with E-state index >= 15 is 0 Å². The number of aryl methyl sites for hydroxylation is 1. The summed E-state index contributed by atoms with van der Waals surface area (Å²) in [4.78, 5) is 14.0. The monoisotopic (exact) mass is 571 g/mol. The third kappa shape index (κ3) is 6.37. The Morgan fingerprint density at radius 2 is 1.60 bits per heavy atom. The second-order valence-electron chi connectivity index (χ2n) is 11.7. The van der Waals surface area contributed by atoms with Gasteiger partial charge in [0.15, 0.2) is 0 Å². The standard InChI is InChI=1S/C30H35F6NO3/c31-29(32,33)21-8-10-24(11-9-21)40-26-13-7-19-15-18(6-12-25(19)27(26)30(34,35)36)3-2-14-37-22-4-1-5-23(37)17-20(16-22)28(38)39/h6-7,12-13,15,20-24H,1-5,8-11,14,16-17H2,(H,38,39)/t20?,21-,22-,23?,24+/m1/s1. The number of carboxylic acids is 1. The summed E-state index contributed by atoms with van der Waals surface area (Å²) in [5.74, 6) is -2.76. The van der Waals surface area contributed by atoms with E-state index < -0.39 is 35.9 Å². The highest BCUT2D eigenvalue weighted by molar-refractivity contribution is 5.89. The van der Waals surface area contributed by atoms with Gasteiger partial charge in [-0.2, -0.15) is 26.3 Å². The van der Waals surface area contributed by atoms with E-state index in [0.29, 0.717) is 24.6 Å². The van der Waals surface area contributed by atoms with Crippen LogP contribution in [0.3, 0.4) is 0 Å². The normalized spacial score (nSPS) is 28.0. The molecular formula is C30H35F6NO3. The van der Waals surface area contributed by atoms with E-state index in [2.05, 4.69) is 4.90 Å². The van der Waals surface area contributed by atoms with E-state index in [1.807, 2.05) is 0 Å². The van der Waals surface area contributed by atoms with Crippen molar-refractivity contribution >= 4 is 16.7 Å². The lowest BCUT2D eigenvalue weighted by Gasteiger charge is -2.48. The molecule has 3 aliphatic rings. The molecule has 2 bridgehead atoms. The molecule has 5 rings (SSSR count). The van der Waals surface area contributed by atoms with E-state index in [1.54, 1.807) is 18.2 Å². The van der Waals surface area contributed by atoms with Crippen LogP contribution in [0.4, 0.5) is 26.3 Å². The van der Waals surface area contributed by atoms with Crippen molar-refractivity contribution in [2.75, 3.05) is 6.54 Å². The fraction of sp³-hybridized carbons (Fsp3) is 0.633. The predicted octanol–water partition coefficient (Wildman–Crippen LogP) is 8.01. The maximum absolute atomic E-state index is 14.2. The minimum absolute atomic E-state index is 0.0167. The topological polar surface area (TPSA) is 49.8 Å². The van der Waals surface area contributed by atoms with Gasteiger partial charge in [0, 0.05) is 12.1 Å². The summed E-state index contributed by atoms with van der Waals surface area (Å²) in [6.07, 6.45) is -3.83. The number of alkyl halides is 6. The Labute approximate surface area is 229 Å². The highest BCUT2D eigenvalue weighted by Gasteiger charge is 2.43. The number of halogens is 6. The smallest absolute Gasteiger partial charge is 0.420 e. The Kier molecular flexibility index (Phi) is 8.28. The molecule has 220 valence electrons. The Hall–Kier alpha value is -2.49. The van der Waals surface area contributed by atoms with Crippen LogP contribution in [0.15, 0.2) is 30.3 Å². The van der Waals surface area contributed by atoms with Gasteiger partial charge in [-0.15, -0.1) is 0 Å². The molecule has 3 atom stereocenters. The van der Waals surface area contributed by atoms with Crippen molar-refractivity contribution in [2.45, 2.75) is 101 Å². The zero-order valence-corrected chi connectivity index (χ0v) is 22.2. The number of fused-ring (bicyclic) bond motifs is 3. The minimum atomic E-state index is -4.68. The number of benzene rings is 2. The molecule has 0 aromatic heterocycles. The lowest BCUT2D eigenvalue weighted by molar-refractivity contribution is -0.185. The van der Waals surface area contributed by atoms with Crippen molar-refractivity contribution in [3.05, 3.63) is 41.5 Å². The number of aliphatic carboxylic acids is 1. The molecule has 1 N–H and O–H groups in total. The van der Waals surface area contributed by atoms with Crippen molar-refractivity contribution in [2.24, 2.45) is 11.8 Å². The first-order chi connectivity index (χ1) is 18.9. The fourth-order valence-corrected chi connectivity index (χ4v) is 7.10. The maximum atomic E-state index is 14.2. The molecule has 0 spiro atoms. The van der Waals surface area contributed by atoms with Gasteiger partial charge in [0.25, 0.3) is 0 Å². The molecule has 2 unspecified atom stereocenters. The summed E-state index contributed by atoms with van der Waals surface area (Å²) in [6, 6.07) is 8.37. The van der Waals surface area contributed by atoms with Crippen LogP contribution >= 0.6 is 0 Å². The summed E-state index contributed by atoms with van der Waals surface area (Å²) < 4.78 is 87.1. The predicted molar refractivity (Wildman–Crippen MR) is 138 cm³/mol. The number of carboxylic acid groups (broad SMARTS) is 1. The second kappa shape index (κ2) is 11.4. The van der Waals surface area contributed by atoms with Gasteiger partial charge in [-0.1, -0.05) is 30.7 Å². The van der Waals surface area contributed by atoms with Gasteiger partial charge >= 0.3 is 18.3 Å². The van der Waals surface area contributed by atoms with E-state index in [1.165, 1.54) is 12.1 Å². The van der Waals surface area contributed by atoms with Gasteiger partial charge in [0.05, 0.1) is 17.9 Å². The van der Waals surface area contributed by atoms with Crippen LogP contribution in [-0.4, -0.2) is 46.9 Å². The van der Waals surface area contributed by atoms with Crippen molar-refractivity contribution in [3.8, 4) is 5.75 Å². The average molecular weight is 572 g/mol. The molecule has 2 aromatic carbocycles. The van der Waals surface area contributed by atoms with Gasteiger partial charge in [-0.05, 0) is 93.2 Å². The SMILES string of the molecule is O=C(O)C1CC2CCC[C@H](C1)N2CCCc1ccc2c(C(F)(F)F)c(O[C@H]3CC[C@@H](C(F)(F)F)CC3)ccc2c1. The zero-order chi connectivity index (χ0) is 28.7. The van der Waals surface area contributed by atoms with Crippen LogP contribution in [0.1, 0.15) is 75.3 Å². The molecule has 4 nitrogen and oxygen atoms in total. The minimum Gasteiger partial charge on any atom is -0.490 e. The lowest BCUT2D eigenvalue weighted by Crippen LogP contribution is -2.53. The summed E-state index contributed by atoms with van der Waals surface area (Å²) in [6.45, 7) is 0.830.